The Hall–Kier alpha value is -3.65. The van der Waals surface area contributed by atoms with Gasteiger partial charge in [0, 0.05) is 31.7 Å². The van der Waals surface area contributed by atoms with E-state index in [0.717, 1.165) is 11.1 Å². The fourth-order valence-electron chi connectivity index (χ4n) is 3.15. The molecule has 1 amide bonds. The lowest BCUT2D eigenvalue weighted by Crippen LogP contribution is -2.29. The fraction of sp³-hybridized carbons (Fsp3) is 0.292. The number of carbonyl (C=O) groups excluding carboxylic acids is 2. The smallest absolute Gasteiger partial charge is 0.349 e. The predicted octanol–water partition coefficient (Wildman–Crippen LogP) is 3.16. The highest BCUT2D eigenvalue weighted by Crippen LogP contribution is 2.21. The number of ether oxygens (including phenoxy) is 3. The molecule has 0 aliphatic heterocycles. The van der Waals surface area contributed by atoms with Crippen molar-refractivity contribution >= 4 is 22.8 Å². The van der Waals surface area contributed by atoms with Gasteiger partial charge in [-0.1, -0.05) is 6.07 Å². The van der Waals surface area contributed by atoms with Crippen molar-refractivity contribution in [3.05, 3.63) is 69.6 Å². The fourth-order valence-corrected chi connectivity index (χ4v) is 3.15. The highest BCUT2D eigenvalue weighted by molar-refractivity contribution is 5.96. The molecule has 0 saturated heterocycles. The summed E-state index contributed by atoms with van der Waals surface area (Å²) in [6.07, 6.45) is 0.628. The minimum Gasteiger partial charge on any atom is -0.482 e. The van der Waals surface area contributed by atoms with Gasteiger partial charge in [0.25, 0.3) is 5.91 Å². The van der Waals surface area contributed by atoms with Crippen LogP contribution in [0.2, 0.25) is 0 Å². The molecule has 2 aromatic carbocycles. The largest absolute Gasteiger partial charge is 0.482 e. The van der Waals surface area contributed by atoms with Crippen LogP contribution in [0.1, 0.15) is 27.9 Å². The molecule has 0 aliphatic rings. The first-order valence-electron chi connectivity index (χ1n) is 10.1. The lowest BCUT2D eigenvalue weighted by Gasteiger charge is -2.09. The van der Waals surface area contributed by atoms with Crippen LogP contribution >= 0.6 is 0 Å². The topological polar surface area (TPSA) is 104 Å². The monoisotopic (exact) mass is 439 g/mol. The number of hydrogen-bond donors (Lipinski definition) is 1. The van der Waals surface area contributed by atoms with Gasteiger partial charge in [0.05, 0.1) is 0 Å². The molecule has 3 aromatic rings. The van der Waals surface area contributed by atoms with E-state index < -0.39 is 17.5 Å². The van der Waals surface area contributed by atoms with Crippen molar-refractivity contribution in [2.24, 2.45) is 0 Å². The maximum Gasteiger partial charge on any atom is 0.349 e. The van der Waals surface area contributed by atoms with Crippen molar-refractivity contribution in [2.45, 2.75) is 20.3 Å². The lowest BCUT2D eigenvalue weighted by molar-refractivity contribution is -0.136. The molecule has 168 valence electrons. The summed E-state index contributed by atoms with van der Waals surface area (Å²) in [5, 5.41) is 3.17. The van der Waals surface area contributed by atoms with E-state index >= 15 is 0 Å². The van der Waals surface area contributed by atoms with Gasteiger partial charge in [-0.2, -0.15) is 0 Å². The van der Waals surface area contributed by atoms with Crippen molar-refractivity contribution in [3.63, 3.8) is 0 Å². The van der Waals surface area contributed by atoms with Crippen molar-refractivity contribution in [1.82, 2.24) is 5.32 Å². The molecule has 1 N–H and O–H groups in total. The van der Waals surface area contributed by atoms with Crippen molar-refractivity contribution in [3.8, 4) is 11.5 Å². The van der Waals surface area contributed by atoms with Crippen LogP contribution in [0.5, 0.6) is 11.5 Å². The second kappa shape index (κ2) is 10.6. The Labute approximate surface area is 185 Å². The third-order valence-electron chi connectivity index (χ3n) is 4.55. The normalized spacial score (nSPS) is 10.7. The van der Waals surface area contributed by atoms with Crippen LogP contribution in [-0.2, 0) is 9.53 Å². The number of amides is 1. The molecule has 0 atom stereocenters. The minimum atomic E-state index is -0.775. The van der Waals surface area contributed by atoms with E-state index in [1.54, 1.807) is 19.2 Å². The number of aryl methyl sites for hydroxylation is 2. The van der Waals surface area contributed by atoms with Crippen LogP contribution in [0.3, 0.4) is 0 Å². The summed E-state index contributed by atoms with van der Waals surface area (Å²) in [7, 11) is 1.57. The molecule has 1 aromatic heterocycles. The van der Waals surface area contributed by atoms with Gasteiger partial charge in [-0.3, -0.25) is 4.79 Å². The summed E-state index contributed by atoms with van der Waals surface area (Å²) >= 11 is 0. The zero-order chi connectivity index (χ0) is 23.1. The number of carbonyl (C=O) groups is 2. The summed E-state index contributed by atoms with van der Waals surface area (Å²) in [6, 6.07) is 11.7. The van der Waals surface area contributed by atoms with Gasteiger partial charge in [0.15, 0.2) is 6.61 Å². The van der Waals surface area contributed by atoms with Crippen molar-refractivity contribution in [2.75, 3.05) is 26.9 Å². The van der Waals surface area contributed by atoms with E-state index in [1.807, 2.05) is 32.0 Å². The van der Waals surface area contributed by atoms with Crippen LogP contribution in [-0.4, -0.2) is 38.7 Å². The molecule has 0 spiro atoms. The SMILES string of the molecule is COCCCNC(=O)c1cc2ccc(OC(=O)COc3cc(C)cc(C)c3)cc2oc1=O. The molecular formula is C24H25NO7. The van der Waals surface area contributed by atoms with Crippen molar-refractivity contribution in [1.29, 1.82) is 0 Å². The highest BCUT2D eigenvalue weighted by atomic mass is 16.6. The first kappa shape index (κ1) is 23.0. The Morgan fingerprint density at radius 1 is 1.00 bits per heavy atom. The van der Waals surface area contributed by atoms with E-state index in [4.69, 9.17) is 18.6 Å². The van der Waals surface area contributed by atoms with E-state index in [0.29, 0.717) is 30.7 Å². The average molecular weight is 439 g/mol. The molecule has 0 fully saturated rings. The maximum absolute atomic E-state index is 12.2. The van der Waals surface area contributed by atoms with Gasteiger partial charge in [-0.05, 0) is 61.7 Å². The summed E-state index contributed by atoms with van der Waals surface area (Å²) in [5.74, 6) is -0.336. The first-order chi connectivity index (χ1) is 15.4. The number of fused-ring (bicyclic) bond motifs is 1. The Balaban J connectivity index is 1.65. The zero-order valence-corrected chi connectivity index (χ0v) is 18.2. The highest BCUT2D eigenvalue weighted by Gasteiger charge is 2.14. The van der Waals surface area contributed by atoms with Gasteiger partial charge >= 0.3 is 11.6 Å². The second-order valence-electron chi connectivity index (χ2n) is 7.34. The van der Waals surface area contributed by atoms with E-state index in [1.165, 1.54) is 12.1 Å². The van der Waals surface area contributed by atoms with Crippen LogP contribution in [0.25, 0.3) is 11.0 Å². The van der Waals surface area contributed by atoms with Crippen LogP contribution in [0, 0.1) is 13.8 Å². The molecule has 32 heavy (non-hydrogen) atoms. The average Bonchev–Trinajstić information content (AvgIpc) is 2.74. The predicted molar refractivity (Wildman–Crippen MR) is 118 cm³/mol. The molecule has 0 radical (unpaired) electrons. The van der Waals surface area contributed by atoms with E-state index in [-0.39, 0.29) is 23.5 Å². The van der Waals surface area contributed by atoms with Crippen molar-refractivity contribution < 1.29 is 28.2 Å². The van der Waals surface area contributed by atoms with Gasteiger partial charge in [-0.15, -0.1) is 0 Å². The minimum absolute atomic E-state index is 0.0958. The maximum atomic E-state index is 12.2. The Morgan fingerprint density at radius 3 is 2.47 bits per heavy atom. The summed E-state index contributed by atoms with van der Waals surface area (Å²) in [5.41, 5.74) is 1.39. The van der Waals surface area contributed by atoms with E-state index in [9.17, 15) is 14.4 Å². The Bertz CT molecular complexity index is 1160. The number of nitrogens with one attached hydrogen (secondary N) is 1. The summed E-state index contributed by atoms with van der Waals surface area (Å²) in [6.45, 7) is 4.50. The Kier molecular flexibility index (Phi) is 7.62. The third kappa shape index (κ3) is 6.18. The summed E-state index contributed by atoms with van der Waals surface area (Å²) < 4.78 is 21.0. The molecular weight excluding hydrogens is 414 g/mol. The molecule has 0 bridgehead atoms. The van der Waals surface area contributed by atoms with Crippen LogP contribution < -0.4 is 20.4 Å². The lowest BCUT2D eigenvalue weighted by atomic mass is 10.1. The second-order valence-corrected chi connectivity index (χ2v) is 7.34. The van der Waals surface area contributed by atoms with Crippen LogP contribution in [0.4, 0.5) is 0 Å². The summed E-state index contributed by atoms with van der Waals surface area (Å²) in [4.78, 5) is 36.6. The van der Waals surface area contributed by atoms with Gasteiger partial charge < -0.3 is 23.9 Å². The molecule has 1 heterocycles. The number of benzene rings is 2. The van der Waals surface area contributed by atoms with Gasteiger partial charge in [0.2, 0.25) is 0 Å². The van der Waals surface area contributed by atoms with E-state index in [2.05, 4.69) is 5.32 Å². The number of hydrogen-bond acceptors (Lipinski definition) is 7. The molecule has 0 aliphatic carbocycles. The molecule has 8 heteroatoms. The molecule has 8 nitrogen and oxygen atoms in total. The quantitative estimate of drug-likeness (QED) is 0.236. The zero-order valence-electron chi connectivity index (χ0n) is 18.2. The number of methoxy groups -OCH3 is 1. The molecule has 0 saturated carbocycles. The Morgan fingerprint density at radius 2 is 1.75 bits per heavy atom. The number of rotatable bonds is 9. The van der Waals surface area contributed by atoms with Gasteiger partial charge in [0.1, 0.15) is 22.6 Å². The van der Waals surface area contributed by atoms with Gasteiger partial charge in [-0.25, -0.2) is 9.59 Å². The third-order valence-corrected chi connectivity index (χ3v) is 4.55. The van der Waals surface area contributed by atoms with Crippen LogP contribution in [0.15, 0.2) is 51.7 Å². The number of esters is 1. The first-order valence-corrected chi connectivity index (χ1v) is 10.1. The molecule has 0 unspecified atom stereocenters. The molecule has 3 rings (SSSR count). The standard InChI is InChI=1S/C24H25NO7/c1-15-9-16(2)11-19(10-15)30-14-22(26)31-18-6-5-17-12-20(24(28)32-21(17)13-18)23(27)25-7-4-8-29-3/h5-6,9-13H,4,7-8,14H2,1-3H3,(H,25,27).